The Hall–Kier alpha value is -0.770. The number of benzene rings is 1. The molecule has 1 N–H and O–H groups in total. The Bertz CT molecular complexity index is 606. The predicted octanol–water partition coefficient (Wildman–Crippen LogP) is 3.10. The largest absolute Gasteiger partial charge is 0.381 e. The summed E-state index contributed by atoms with van der Waals surface area (Å²) >= 11 is 6.11. The second-order valence-electron chi connectivity index (χ2n) is 7.09. The summed E-state index contributed by atoms with van der Waals surface area (Å²) in [5, 5.41) is 4.25. The van der Waals surface area contributed by atoms with Gasteiger partial charge in [0.05, 0.1) is 13.2 Å². The highest BCUT2D eigenvalue weighted by molar-refractivity contribution is 14.0. The third-order valence-corrected chi connectivity index (χ3v) is 5.33. The number of ether oxygens (including phenoxy) is 2. The van der Waals surface area contributed by atoms with E-state index in [1.165, 1.54) is 5.69 Å². The summed E-state index contributed by atoms with van der Waals surface area (Å²) in [6, 6.07) is 8.07. The minimum Gasteiger partial charge on any atom is -0.381 e. The third kappa shape index (κ3) is 7.24. The van der Waals surface area contributed by atoms with Crippen LogP contribution in [0.5, 0.6) is 0 Å². The summed E-state index contributed by atoms with van der Waals surface area (Å²) in [5.41, 5.74) is 1.19. The lowest BCUT2D eigenvalue weighted by Crippen LogP contribution is -2.52. The lowest BCUT2D eigenvalue weighted by molar-refractivity contribution is 0.0887. The molecule has 1 aromatic rings. The van der Waals surface area contributed by atoms with E-state index in [-0.39, 0.29) is 24.0 Å². The number of piperazine rings is 1. The van der Waals surface area contributed by atoms with Crippen molar-refractivity contribution in [2.45, 2.75) is 12.8 Å². The van der Waals surface area contributed by atoms with Gasteiger partial charge in [-0.3, -0.25) is 4.99 Å². The first-order chi connectivity index (χ1) is 13.3. The fourth-order valence-electron chi connectivity index (χ4n) is 3.52. The highest BCUT2D eigenvalue weighted by Crippen LogP contribution is 2.20. The Labute approximate surface area is 190 Å². The molecule has 158 valence electrons. The van der Waals surface area contributed by atoms with Crippen LogP contribution in [0, 0.1) is 5.92 Å². The van der Waals surface area contributed by atoms with Gasteiger partial charge in [0.15, 0.2) is 5.96 Å². The van der Waals surface area contributed by atoms with Gasteiger partial charge in [0.25, 0.3) is 0 Å². The first-order valence-corrected chi connectivity index (χ1v) is 10.3. The Morgan fingerprint density at radius 1 is 1.32 bits per heavy atom. The first kappa shape index (κ1) is 23.5. The van der Waals surface area contributed by atoms with Gasteiger partial charge >= 0.3 is 0 Å². The second kappa shape index (κ2) is 12.7. The van der Waals surface area contributed by atoms with Crippen LogP contribution >= 0.6 is 35.6 Å². The van der Waals surface area contributed by atoms with Crippen LogP contribution in [0.1, 0.15) is 12.8 Å². The maximum Gasteiger partial charge on any atom is 0.193 e. The topological polar surface area (TPSA) is 49.3 Å². The van der Waals surface area contributed by atoms with Crippen LogP contribution in [0.3, 0.4) is 0 Å². The standard InChI is InChI=1S/C20H31ClN4O2.HI/c1-22-20(23-7-3-12-26-15-17-6-13-27-16-17)25-10-8-24(9-11-25)19-5-2-4-18(21)14-19;/h2,4-5,14,17H,3,6-13,15-16H2,1H3,(H,22,23);1H. The maximum atomic E-state index is 6.11. The number of hydrogen-bond acceptors (Lipinski definition) is 4. The molecule has 0 radical (unpaired) electrons. The molecule has 2 saturated heterocycles. The van der Waals surface area contributed by atoms with Crippen LogP contribution < -0.4 is 10.2 Å². The molecule has 1 unspecified atom stereocenters. The number of halogens is 2. The van der Waals surface area contributed by atoms with Gasteiger partial charge in [0.2, 0.25) is 0 Å². The van der Waals surface area contributed by atoms with E-state index < -0.39 is 0 Å². The Morgan fingerprint density at radius 3 is 2.82 bits per heavy atom. The molecule has 2 fully saturated rings. The van der Waals surface area contributed by atoms with E-state index in [4.69, 9.17) is 21.1 Å². The molecule has 1 aromatic carbocycles. The van der Waals surface area contributed by atoms with E-state index in [9.17, 15) is 0 Å². The fourth-order valence-corrected chi connectivity index (χ4v) is 3.71. The number of nitrogens with one attached hydrogen (secondary N) is 1. The normalized spacial score (nSPS) is 20.2. The quantitative estimate of drug-likeness (QED) is 0.258. The summed E-state index contributed by atoms with van der Waals surface area (Å²) in [6.45, 7) is 8.05. The molecule has 2 heterocycles. The molecule has 2 aliphatic rings. The van der Waals surface area contributed by atoms with Crippen molar-refractivity contribution >= 4 is 47.2 Å². The van der Waals surface area contributed by atoms with E-state index in [0.29, 0.717) is 5.92 Å². The molecule has 0 amide bonds. The van der Waals surface area contributed by atoms with Crippen LogP contribution in [-0.2, 0) is 9.47 Å². The molecule has 0 saturated carbocycles. The average Bonchev–Trinajstić information content (AvgIpc) is 3.21. The fraction of sp³-hybridized carbons (Fsp3) is 0.650. The summed E-state index contributed by atoms with van der Waals surface area (Å²) in [6.07, 6.45) is 2.11. The first-order valence-electron chi connectivity index (χ1n) is 9.88. The SMILES string of the molecule is CN=C(NCCCOCC1CCOC1)N1CCN(c2cccc(Cl)c2)CC1.I. The molecule has 0 bridgehead atoms. The molecule has 1 atom stereocenters. The van der Waals surface area contributed by atoms with Crippen molar-refractivity contribution in [3.05, 3.63) is 29.3 Å². The van der Waals surface area contributed by atoms with Crippen LogP contribution in [0.2, 0.25) is 5.02 Å². The Morgan fingerprint density at radius 2 is 2.14 bits per heavy atom. The molecular formula is C20H32ClIN4O2. The van der Waals surface area contributed by atoms with Crippen LogP contribution in [-0.4, -0.2) is 77.1 Å². The summed E-state index contributed by atoms with van der Waals surface area (Å²) in [5.74, 6) is 1.56. The summed E-state index contributed by atoms with van der Waals surface area (Å²) < 4.78 is 11.1. The van der Waals surface area contributed by atoms with Crippen LogP contribution in [0.15, 0.2) is 29.3 Å². The minimum absolute atomic E-state index is 0. The van der Waals surface area contributed by atoms with Gasteiger partial charge in [-0.25, -0.2) is 0 Å². The third-order valence-electron chi connectivity index (χ3n) is 5.09. The van der Waals surface area contributed by atoms with E-state index >= 15 is 0 Å². The molecular weight excluding hydrogens is 491 g/mol. The van der Waals surface area contributed by atoms with Crippen molar-refractivity contribution < 1.29 is 9.47 Å². The lowest BCUT2D eigenvalue weighted by Gasteiger charge is -2.37. The Kier molecular flexibility index (Phi) is 10.7. The zero-order valence-corrected chi connectivity index (χ0v) is 19.7. The zero-order valence-electron chi connectivity index (χ0n) is 16.6. The van der Waals surface area contributed by atoms with Crippen LogP contribution in [0.4, 0.5) is 5.69 Å². The minimum atomic E-state index is 0. The van der Waals surface area contributed by atoms with Gasteiger partial charge in [-0.2, -0.15) is 0 Å². The van der Waals surface area contributed by atoms with Crippen molar-refractivity contribution in [2.75, 3.05) is 71.1 Å². The predicted molar refractivity (Wildman–Crippen MR) is 126 cm³/mol. The number of anilines is 1. The smallest absolute Gasteiger partial charge is 0.193 e. The Balaban J connectivity index is 0.00000280. The van der Waals surface area contributed by atoms with Gasteiger partial charge in [-0.05, 0) is 31.0 Å². The van der Waals surface area contributed by atoms with E-state index in [2.05, 4.69) is 26.2 Å². The second-order valence-corrected chi connectivity index (χ2v) is 7.52. The van der Waals surface area contributed by atoms with Gasteiger partial charge in [-0.1, -0.05) is 17.7 Å². The molecule has 0 aromatic heterocycles. The highest BCUT2D eigenvalue weighted by atomic mass is 127. The molecule has 3 rings (SSSR count). The van der Waals surface area contributed by atoms with Crippen molar-refractivity contribution in [3.8, 4) is 0 Å². The zero-order chi connectivity index (χ0) is 18.9. The van der Waals surface area contributed by atoms with Crippen molar-refractivity contribution in [2.24, 2.45) is 10.9 Å². The number of rotatable bonds is 7. The molecule has 0 aliphatic carbocycles. The van der Waals surface area contributed by atoms with Gasteiger partial charge in [0.1, 0.15) is 0 Å². The monoisotopic (exact) mass is 522 g/mol. The van der Waals surface area contributed by atoms with Gasteiger partial charge in [0, 0.05) is 69.6 Å². The van der Waals surface area contributed by atoms with Crippen LogP contribution in [0.25, 0.3) is 0 Å². The van der Waals surface area contributed by atoms with Crippen molar-refractivity contribution in [1.82, 2.24) is 10.2 Å². The molecule has 2 aliphatic heterocycles. The molecule has 8 heteroatoms. The molecule has 6 nitrogen and oxygen atoms in total. The summed E-state index contributed by atoms with van der Waals surface area (Å²) in [7, 11) is 1.85. The number of aliphatic imine (C=N–C) groups is 1. The lowest BCUT2D eigenvalue weighted by atomic mass is 10.1. The number of nitrogens with zero attached hydrogens (tertiary/aromatic N) is 3. The van der Waals surface area contributed by atoms with Gasteiger partial charge in [-0.15, -0.1) is 24.0 Å². The van der Waals surface area contributed by atoms with E-state index in [0.717, 1.165) is 83.0 Å². The van der Waals surface area contributed by atoms with E-state index in [1.54, 1.807) is 0 Å². The number of guanidine groups is 1. The van der Waals surface area contributed by atoms with Crippen molar-refractivity contribution in [3.63, 3.8) is 0 Å². The van der Waals surface area contributed by atoms with Gasteiger partial charge < -0.3 is 24.6 Å². The average molecular weight is 523 g/mol. The summed E-state index contributed by atoms with van der Waals surface area (Å²) in [4.78, 5) is 9.13. The van der Waals surface area contributed by atoms with E-state index in [1.807, 2.05) is 25.2 Å². The number of hydrogen-bond donors (Lipinski definition) is 1. The molecule has 28 heavy (non-hydrogen) atoms. The molecule has 0 spiro atoms. The highest BCUT2D eigenvalue weighted by Gasteiger charge is 2.20. The van der Waals surface area contributed by atoms with Crippen molar-refractivity contribution in [1.29, 1.82) is 0 Å². The maximum absolute atomic E-state index is 6.11.